The van der Waals surface area contributed by atoms with Crippen molar-refractivity contribution in [3.63, 3.8) is 0 Å². The van der Waals surface area contributed by atoms with Crippen LogP contribution in [-0.2, 0) is 16.1 Å². The summed E-state index contributed by atoms with van der Waals surface area (Å²) in [6.45, 7) is 4.13. The molecule has 0 aliphatic rings. The lowest BCUT2D eigenvalue weighted by molar-refractivity contribution is 0.0516. The van der Waals surface area contributed by atoms with Gasteiger partial charge in [0.1, 0.15) is 0 Å². The minimum Gasteiger partial charge on any atom is -0.461 e. The second kappa shape index (κ2) is 6.76. The third-order valence-corrected chi connectivity index (χ3v) is 3.65. The molecule has 24 heavy (non-hydrogen) atoms. The Balaban J connectivity index is 2.23. The van der Waals surface area contributed by atoms with E-state index in [9.17, 15) is 4.79 Å². The molecule has 0 amide bonds. The molecule has 0 bridgehead atoms. The Hall–Kier alpha value is -2.80. The van der Waals surface area contributed by atoms with Crippen LogP contribution in [0.1, 0.15) is 28.8 Å². The standard InChI is InChI=1S/C17H18N4O3/c1-4-24-17(22)15-11(2)21-16(19-18-15)14(13(20-21)10-23-3)12-8-6-5-7-9-12/h5-9H,4,10H2,1-3H3. The number of hydrogen-bond donors (Lipinski definition) is 0. The van der Waals surface area contributed by atoms with E-state index in [1.54, 1.807) is 25.5 Å². The molecule has 0 saturated carbocycles. The van der Waals surface area contributed by atoms with Crippen LogP contribution in [0.5, 0.6) is 0 Å². The summed E-state index contributed by atoms with van der Waals surface area (Å²) in [6, 6.07) is 9.80. The van der Waals surface area contributed by atoms with Gasteiger partial charge in [0.15, 0.2) is 11.3 Å². The maximum absolute atomic E-state index is 12.0. The first-order chi connectivity index (χ1) is 11.7. The van der Waals surface area contributed by atoms with Gasteiger partial charge in [0.05, 0.1) is 30.2 Å². The van der Waals surface area contributed by atoms with Crippen LogP contribution in [0, 0.1) is 6.92 Å². The fourth-order valence-corrected chi connectivity index (χ4v) is 2.58. The van der Waals surface area contributed by atoms with E-state index in [0.717, 1.165) is 16.8 Å². The van der Waals surface area contributed by atoms with E-state index >= 15 is 0 Å². The van der Waals surface area contributed by atoms with Crippen LogP contribution in [0.3, 0.4) is 0 Å². The van der Waals surface area contributed by atoms with Gasteiger partial charge < -0.3 is 9.47 Å². The lowest BCUT2D eigenvalue weighted by Crippen LogP contribution is -2.14. The first kappa shape index (κ1) is 16.1. The van der Waals surface area contributed by atoms with E-state index in [-0.39, 0.29) is 12.3 Å². The third kappa shape index (κ3) is 2.74. The number of nitrogens with zero attached hydrogens (tertiary/aromatic N) is 4. The Kier molecular flexibility index (Phi) is 4.52. The summed E-state index contributed by atoms with van der Waals surface area (Å²) in [4.78, 5) is 12.0. The van der Waals surface area contributed by atoms with Crippen molar-refractivity contribution >= 4 is 11.6 Å². The number of rotatable bonds is 5. The van der Waals surface area contributed by atoms with Gasteiger partial charge in [0.25, 0.3) is 0 Å². The molecule has 0 unspecified atom stereocenters. The normalized spacial score (nSPS) is 11.0. The van der Waals surface area contributed by atoms with Gasteiger partial charge in [-0.2, -0.15) is 5.10 Å². The number of esters is 1. The van der Waals surface area contributed by atoms with Crippen LogP contribution in [0.15, 0.2) is 30.3 Å². The van der Waals surface area contributed by atoms with Crippen LogP contribution in [0.2, 0.25) is 0 Å². The fraction of sp³-hybridized carbons (Fsp3) is 0.294. The van der Waals surface area contributed by atoms with E-state index in [2.05, 4.69) is 15.3 Å². The van der Waals surface area contributed by atoms with Crippen molar-refractivity contribution < 1.29 is 14.3 Å². The summed E-state index contributed by atoms with van der Waals surface area (Å²) in [5.74, 6) is -0.505. The van der Waals surface area contributed by atoms with Crippen molar-refractivity contribution in [1.82, 2.24) is 19.8 Å². The highest BCUT2D eigenvalue weighted by molar-refractivity contribution is 5.89. The number of aromatic nitrogens is 4. The molecule has 0 spiro atoms. The zero-order valence-corrected chi connectivity index (χ0v) is 13.8. The maximum atomic E-state index is 12.0. The van der Waals surface area contributed by atoms with Crippen LogP contribution in [0.4, 0.5) is 0 Å². The van der Waals surface area contributed by atoms with Crippen molar-refractivity contribution in [2.45, 2.75) is 20.5 Å². The molecule has 124 valence electrons. The Morgan fingerprint density at radius 3 is 2.62 bits per heavy atom. The largest absolute Gasteiger partial charge is 0.461 e. The molecule has 3 aromatic rings. The molecule has 0 saturated heterocycles. The lowest BCUT2D eigenvalue weighted by Gasteiger charge is -2.05. The molecule has 0 N–H and O–H groups in total. The third-order valence-electron chi connectivity index (χ3n) is 3.65. The Labute approximate surface area is 139 Å². The van der Waals surface area contributed by atoms with Crippen LogP contribution < -0.4 is 0 Å². The minimum absolute atomic E-state index is 0.162. The van der Waals surface area contributed by atoms with Crippen molar-refractivity contribution in [2.24, 2.45) is 0 Å². The molecular formula is C17H18N4O3. The van der Waals surface area contributed by atoms with Gasteiger partial charge in [-0.15, -0.1) is 10.2 Å². The number of ether oxygens (including phenoxy) is 2. The Bertz CT molecular complexity index is 874. The van der Waals surface area contributed by atoms with Gasteiger partial charge in [0.2, 0.25) is 0 Å². The average molecular weight is 326 g/mol. The van der Waals surface area contributed by atoms with Crippen LogP contribution in [0.25, 0.3) is 16.8 Å². The van der Waals surface area contributed by atoms with Gasteiger partial charge >= 0.3 is 5.97 Å². The van der Waals surface area contributed by atoms with Crippen molar-refractivity contribution in [1.29, 1.82) is 0 Å². The molecule has 0 radical (unpaired) electrons. The van der Waals surface area contributed by atoms with Crippen molar-refractivity contribution in [2.75, 3.05) is 13.7 Å². The van der Waals surface area contributed by atoms with Crippen LogP contribution >= 0.6 is 0 Å². The Morgan fingerprint density at radius 1 is 1.21 bits per heavy atom. The van der Waals surface area contributed by atoms with E-state index in [1.807, 2.05) is 30.3 Å². The molecule has 0 aliphatic carbocycles. The summed E-state index contributed by atoms with van der Waals surface area (Å²) >= 11 is 0. The van der Waals surface area contributed by atoms with Gasteiger partial charge in [-0.25, -0.2) is 9.31 Å². The van der Waals surface area contributed by atoms with Gasteiger partial charge in [-0.05, 0) is 19.4 Å². The zero-order chi connectivity index (χ0) is 17.1. The number of fused-ring (bicyclic) bond motifs is 1. The smallest absolute Gasteiger partial charge is 0.360 e. The molecule has 1 aromatic carbocycles. The second-order valence-corrected chi connectivity index (χ2v) is 5.21. The van der Waals surface area contributed by atoms with Crippen molar-refractivity contribution in [3.05, 3.63) is 47.4 Å². The maximum Gasteiger partial charge on any atom is 0.360 e. The highest BCUT2D eigenvalue weighted by Crippen LogP contribution is 2.28. The quantitative estimate of drug-likeness (QED) is 0.670. The first-order valence-corrected chi connectivity index (χ1v) is 7.63. The highest BCUT2D eigenvalue weighted by Gasteiger charge is 2.22. The Morgan fingerprint density at radius 2 is 1.96 bits per heavy atom. The zero-order valence-electron chi connectivity index (χ0n) is 13.8. The summed E-state index contributed by atoms with van der Waals surface area (Å²) in [7, 11) is 1.61. The molecule has 3 rings (SSSR count). The number of methoxy groups -OCH3 is 1. The number of carbonyl (C=O) groups excluding carboxylic acids is 1. The number of aryl methyl sites for hydroxylation is 1. The van der Waals surface area contributed by atoms with Gasteiger partial charge in [0, 0.05) is 7.11 Å². The van der Waals surface area contributed by atoms with E-state index in [1.165, 1.54) is 0 Å². The molecule has 0 atom stereocenters. The topological polar surface area (TPSA) is 78.6 Å². The summed E-state index contributed by atoms with van der Waals surface area (Å²) in [5.41, 5.74) is 3.88. The number of benzene rings is 1. The van der Waals surface area contributed by atoms with Gasteiger partial charge in [-0.1, -0.05) is 30.3 Å². The SMILES string of the molecule is CCOC(=O)c1nnc2c(-c3ccccc3)c(COC)nn2c1C. The first-order valence-electron chi connectivity index (χ1n) is 7.63. The molecule has 2 heterocycles. The number of carbonyl (C=O) groups is 1. The van der Waals surface area contributed by atoms with Crippen molar-refractivity contribution in [3.8, 4) is 11.1 Å². The monoisotopic (exact) mass is 326 g/mol. The van der Waals surface area contributed by atoms with E-state index in [0.29, 0.717) is 17.9 Å². The number of hydrogen-bond acceptors (Lipinski definition) is 6. The molecule has 0 aliphatic heterocycles. The molecule has 7 heteroatoms. The summed E-state index contributed by atoms with van der Waals surface area (Å²) in [5, 5.41) is 12.8. The molecule has 0 fully saturated rings. The van der Waals surface area contributed by atoms with E-state index in [4.69, 9.17) is 9.47 Å². The highest BCUT2D eigenvalue weighted by atomic mass is 16.5. The van der Waals surface area contributed by atoms with E-state index < -0.39 is 5.97 Å². The fourth-order valence-electron chi connectivity index (χ4n) is 2.58. The summed E-state index contributed by atoms with van der Waals surface area (Å²) in [6.07, 6.45) is 0. The molecule has 7 nitrogen and oxygen atoms in total. The average Bonchev–Trinajstić information content (AvgIpc) is 2.95. The van der Waals surface area contributed by atoms with Gasteiger partial charge in [-0.3, -0.25) is 0 Å². The molecule has 2 aromatic heterocycles. The predicted molar refractivity (Wildman–Crippen MR) is 87.6 cm³/mol. The molecular weight excluding hydrogens is 308 g/mol. The van der Waals surface area contributed by atoms with Crippen LogP contribution in [-0.4, -0.2) is 39.5 Å². The second-order valence-electron chi connectivity index (χ2n) is 5.21. The minimum atomic E-state index is -0.505. The predicted octanol–water partition coefficient (Wildman–Crippen LogP) is 2.42. The lowest BCUT2D eigenvalue weighted by atomic mass is 10.1. The summed E-state index contributed by atoms with van der Waals surface area (Å²) < 4.78 is 11.9.